The van der Waals surface area contributed by atoms with Gasteiger partial charge in [0.25, 0.3) is 0 Å². The number of rotatable bonds is 0. The van der Waals surface area contributed by atoms with Crippen molar-refractivity contribution >= 4 is 0 Å². The van der Waals surface area contributed by atoms with Gasteiger partial charge in [-0.3, -0.25) is 0 Å². The predicted octanol–water partition coefficient (Wildman–Crippen LogP) is 2.01. The minimum atomic E-state index is -0.648. The normalized spacial score (nSPS) is 44.3. The molecule has 0 heterocycles. The third kappa shape index (κ3) is 1.73. The van der Waals surface area contributed by atoms with Crippen molar-refractivity contribution in [1.82, 2.24) is 0 Å². The third-order valence-corrected chi connectivity index (χ3v) is 3.88. The number of fused-ring (bicyclic) bond motifs is 1. The predicted molar refractivity (Wildman–Crippen MR) is 55.9 cm³/mol. The van der Waals surface area contributed by atoms with Gasteiger partial charge in [-0.25, -0.2) is 0 Å². The van der Waals surface area contributed by atoms with E-state index in [9.17, 15) is 10.2 Å². The molecule has 2 heteroatoms. The maximum atomic E-state index is 10.5. The van der Waals surface area contributed by atoms with E-state index in [1.807, 2.05) is 0 Å². The summed E-state index contributed by atoms with van der Waals surface area (Å²) >= 11 is 0. The SMILES string of the molecule is C=C1CC[C@@H](O)[C@H]2CCCC[C@]2(O)C1. The Morgan fingerprint density at radius 3 is 2.86 bits per heavy atom. The molecule has 80 valence electrons. The van der Waals surface area contributed by atoms with E-state index in [0.29, 0.717) is 6.42 Å². The van der Waals surface area contributed by atoms with Crippen LogP contribution in [-0.4, -0.2) is 21.9 Å². The first-order chi connectivity index (χ1) is 6.62. The summed E-state index contributed by atoms with van der Waals surface area (Å²) < 4.78 is 0. The number of hydrogen-bond acceptors (Lipinski definition) is 2. The fourth-order valence-electron chi connectivity index (χ4n) is 3.09. The molecular formula is C12H20O2. The lowest BCUT2D eigenvalue weighted by molar-refractivity contribution is -0.0904. The quantitative estimate of drug-likeness (QED) is 0.582. The van der Waals surface area contributed by atoms with E-state index < -0.39 is 5.60 Å². The maximum absolute atomic E-state index is 10.5. The molecule has 0 spiro atoms. The third-order valence-electron chi connectivity index (χ3n) is 3.88. The molecule has 0 saturated heterocycles. The van der Waals surface area contributed by atoms with Crippen LogP contribution >= 0.6 is 0 Å². The molecule has 0 bridgehead atoms. The molecule has 0 unspecified atom stereocenters. The van der Waals surface area contributed by atoms with Crippen molar-refractivity contribution in [3.8, 4) is 0 Å². The Labute approximate surface area is 85.6 Å². The molecule has 0 aliphatic heterocycles. The van der Waals surface area contributed by atoms with Crippen LogP contribution in [0.15, 0.2) is 12.2 Å². The molecule has 2 aliphatic rings. The molecule has 2 aliphatic carbocycles. The van der Waals surface area contributed by atoms with Gasteiger partial charge in [-0.05, 0) is 32.1 Å². The zero-order valence-corrected chi connectivity index (χ0v) is 8.71. The van der Waals surface area contributed by atoms with Crippen molar-refractivity contribution in [1.29, 1.82) is 0 Å². The molecular weight excluding hydrogens is 176 g/mol. The summed E-state index contributed by atoms with van der Waals surface area (Å²) in [4.78, 5) is 0. The van der Waals surface area contributed by atoms with Gasteiger partial charge in [0.2, 0.25) is 0 Å². The van der Waals surface area contributed by atoms with Gasteiger partial charge in [-0.1, -0.05) is 25.0 Å². The van der Waals surface area contributed by atoms with Gasteiger partial charge in [-0.2, -0.15) is 0 Å². The van der Waals surface area contributed by atoms with Crippen LogP contribution in [0.5, 0.6) is 0 Å². The molecule has 2 N–H and O–H groups in total. The van der Waals surface area contributed by atoms with Crippen molar-refractivity contribution < 1.29 is 10.2 Å². The zero-order chi connectivity index (χ0) is 10.2. The Bertz CT molecular complexity index is 236. The summed E-state index contributed by atoms with van der Waals surface area (Å²) in [7, 11) is 0. The maximum Gasteiger partial charge on any atom is 0.0737 e. The average Bonchev–Trinajstić information content (AvgIpc) is 2.24. The molecule has 0 aromatic rings. The van der Waals surface area contributed by atoms with Gasteiger partial charge in [0.05, 0.1) is 11.7 Å². The lowest BCUT2D eigenvalue weighted by Gasteiger charge is -2.41. The van der Waals surface area contributed by atoms with E-state index in [-0.39, 0.29) is 12.0 Å². The molecule has 3 atom stereocenters. The minimum Gasteiger partial charge on any atom is -0.393 e. The van der Waals surface area contributed by atoms with Gasteiger partial charge in [0.1, 0.15) is 0 Å². The van der Waals surface area contributed by atoms with Gasteiger partial charge in [-0.15, -0.1) is 0 Å². The van der Waals surface area contributed by atoms with Crippen molar-refractivity contribution in [2.45, 2.75) is 56.7 Å². The molecule has 2 fully saturated rings. The van der Waals surface area contributed by atoms with Crippen LogP contribution in [0.2, 0.25) is 0 Å². The monoisotopic (exact) mass is 196 g/mol. The highest BCUT2D eigenvalue weighted by atomic mass is 16.3. The molecule has 2 saturated carbocycles. The second kappa shape index (κ2) is 3.67. The van der Waals surface area contributed by atoms with Crippen LogP contribution in [-0.2, 0) is 0 Å². The first-order valence-electron chi connectivity index (χ1n) is 5.69. The van der Waals surface area contributed by atoms with E-state index in [0.717, 1.165) is 44.1 Å². The molecule has 14 heavy (non-hydrogen) atoms. The fourth-order valence-corrected chi connectivity index (χ4v) is 3.09. The van der Waals surface area contributed by atoms with E-state index in [1.165, 1.54) is 0 Å². The summed E-state index contributed by atoms with van der Waals surface area (Å²) in [6.45, 7) is 3.97. The van der Waals surface area contributed by atoms with Crippen molar-refractivity contribution in [3.63, 3.8) is 0 Å². The molecule has 2 rings (SSSR count). The highest BCUT2D eigenvalue weighted by Crippen LogP contribution is 2.43. The Kier molecular flexibility index (Phi) is 2.67. The van der Waals surface area contributed by atoms with Crippen molar-refractivity contribution in [3.05, 3.63) is 12.2 Å². The Morgan fingerprint density at radius 2 is 2.07 bits per heavy atom. The van der Waals surface area contributed by atoms with Crippen LogP contribution in [0.25, 0.3) is 0 Å². The van der Waals surface area contributed by atoms with Gasteiger partial charge >= 0.3 is 0 Å². The Morgan fingerprint density at radius 1 is 1.29 bits per heavy atom. The highest BCUT2D eigenvalue weighted by molar-refractivity contribution is 5.09. The van der Waals surface area contributed by atoms with E-state index in [4.69, 9.17) is 0 Å². The fraction of sp³-hybridized carbons (Fsp3) is 0.833. The molecule has 2 nitrogen and oxygen atoms in total. The highest BCUT2D eigenvalue weighted by Gasteiger charge is 2.44. The topological polar surface area (TPSA) is 40.5 Å². The molecule has 0 aromatic carbocycles. The smallest absolute Gasteiger partial charge is 0.0737 e. The second-order valence-corrected chi connectivity index (χ2v) is 4.99. The first kappa shape index (κ1) is 10.2. The summed E-state index contributed by atoms with van der Waals surface area (Å²) in [5, 5.41) is 20.5. The molecule has 0 aromatic heterocycles. The van der Waals surface area contributed by atoms with E-state index in [2.05, 4.69) is 6.58 Å². The molecule has 0 amide bonds. The standard InChI is InChI=1S/C12H20O2/c1-9-5-6-11(13)10-4-2-3-7-12(10,14)8-9/h10-11,13-14H,1-8H2/t10-,11-,12+/m1/s1. The number of aliphatic hydroxyl groups is 2. The summed E-state index contributed by atoms with van der Waals surface area (Å²) in [6, 6.07) is 0. The van der Waals surface area contributed by atoms with Gasteiger partial charge < -0.3 is 10.2 Å². The average molecular weight is 196 g/mol. The van der Waals surface area contributed by atoms with Crippen molar-refractivity contribution in [2.24, 2.45) is 5.92 Å². The number of hydrogen-bond donors (Lipinski definition) is 2. The van der Waals surface area contributed by atoms with Crippen LogP contribution in [0.4, 0.5) is 0 Å². The van der Waals surface area contributed by atoms with E-state index >= 15 is 0 Å². The zero-order valence-electron chi connectivity index (χ0n) is 8.71. The largest absolute Gasteiger partial charge is 0.393 e. The lowest BCUT2D eigenvalue weighted by atomic mass is 9.71. The van der Waals surface area contributed by atoms with Crippen LogP contribution in [0.1, 0.15) is 44.9 Å². The van der Waals surface area contributed by atoms with E-state index in [1.54, 1.807) is 0 Å². The summed E-state index contributed by atoms with van der Waals surface area (Å²) in [5.74, 6) is 0.0931. The summed E-state index contributed by atoms with van der Waals surface area (Å²) in [5.41, 5.74) is 0.460. The summed E-state index contributed by atoms with van der Waals surface area (Å²) in [6.07, 6.45) is 6.10. The second-order valence-electron chi connectivity index (χ2n) is 4.99. The number of aliphatic hydroxyl groups excluding tert-OH is 1. The van der Waals surface area contributed by atoms with Crippen LogP contribution in [0.3, 0.4) is 0 Å². The Hall–Kier alpha value is -0.340. The van der Waals surface area contributed by atoms with Crippen molar-refractivity contribution in [2.75, 3.05) is 0 Å². The van der Waals surface area contributed by atoms with Crippen LogP contribution < -0.4 is 0 Å². The Balaban J connectivity index is 2.22. The molecule has 0 radical (unpaired) electrons. The van der Waals surface area contributed by atoms with Crippen LogP contribution in [0, 0.1) is 5.92 Å². The minimum absolute atomic E-state index is 0.0931. The van der Waals surface area contributed by atoms with Gasteiger partial charge in [0.15, 0.2) is 0 Å². The lowest BCUT2D eigenvalue weighted by Crippen LogP contribution is -2.45. The van der Waals surface area contributed by atoms with Gasteiger partial charge in [0, 0.05) is 5.92 Å². The first-order valence-corrected chi connectivity index (χ1v) is 5.69.